The normalized spacial score (nSPS) is 20.1. The van der Waals surface area contributed by atoms with Gasteiger partial charge in [-0.15, -0.1) is 0 Å². The second-order valence-corrected chi connectivity index (χ2v) is 5.16. The molecular formula is C13H20ClN3. The van der Waals surface area contributed by atoms with Crippen LogP contribution in [0.4, 0.5) is 11.4 Å². The van der Waals surface area contributed by atoms with Gasteiger partial charge in [0, 0.05) is 32.4 Å². The molecule has 1 aliphatic heterocycles. The van der Waals surface area contributed by atoms with Crippen molar-refractivity contribution in [1.82, 2.24) is 5.32 Å². The molecule has 94 valence electrons. The Bertz CT molecular complexity index is 373. The summed E-state index contributed by atoms with van der Waals surface area (Å²) in [4.78, 5) is 2.02. The zero-order valence-electron chi connectivity index (χ0n) is 10.5. The number of benzene rings is 1. The largest absolute Gasteiger partial charge is 0.381 e. The molecule has 1 heterocycles. The van der Waals surface area contributed by atoms with E-state index < -0.39 is 0 Å². The van der Waals surface area contributed by atoms with Gasteiger partial charge in [0.05, 0.1) is 10.7 Å². The fraction of sp³-hybridized carbons (Fsp3) is 0.538. The van der Waals surface area contributed by atoms with E-state index >= 15 is 0 Å². The quantitative estimate of drug-likeness (QED) is 0.867. The SMILES string of the molecule is CN(C)c1ccc(NC2CCCNC2)cc1Cl. The zero-order valence-corrected chi connectivity index (χ0v) is 11.2. The standard InChI is InChI=1S/C13H20ClN3/c1-17(2)13-6-5-10(8-12(13)14)16-11-4-3-7-15-9-11/h5-6,8,11,15-16H,3-4,7,9H2,1-2H3. The van der Waals surface area contributed by atoms with Gasteiger partial charge in [0.1, 0.15) is 0 Å². The first-order chi connectivity index (χ1) is 8.16. The molecule has 0 aliphatic carbocycles. The van der Waals surface area contributed by atoms with Crippen LogP contribution in [0.25, 0.3) is 0 Å². The van der Waals surface area contributed by atoms with E-state index in [9.17, 15) is 0 Å². The predicted molar refractivity (Wildman–Crippen MR) is 75.3 cm³/mol. The molecule has 0 spiro atoms. The second kappa shape index (κ2) is 5.61. The maximum absolute atomic E-state index is 6.24. The number of hydrogen-bond donors (Lipinski definition) is 2. The topological polar surface area (TPSA) is 27.3 Å². The van der Waals surface area contributed by atoms with Gasteiger partial charge in [0.25, 0.3) is 0 Å². The number of halogens is 1. The van der Waals surface area contributed by atoms with Crippen LogP contribution in [0, 0.1) is 0 Å². The van der Waals surface area contributed by atoms with Gasteiger partial charge in [-0.3, -0.25) is 0 Å². The van der Waals surface area contributed by atoms with Crippen molar-refractivity contribution < 1.29 is 0 Å². The Morgan fingerprint density at radius 3 is 2.82 bits per heavy atom. The lowest BCUT2D eigenvalue weighted by molar-refractivity contribution is 0.480. The molecule has 17 heavy (non-hydrogen) atoms. The summed E-state index contributed by atoms with van der Waals surface area (Å²) in [6.45, 7) is 2.17. The Labute approximate surface area is 108 Å². The van der Waals surface area contributed by atoms with E-state index in [4.69, 9.17) is 11.6 Å². The maximum Gasteiger partial charge on any atom is 0.0659 e. The highest BCUT2D eigenvalue weighted by Gasteiger charge is 2.13. The van der Waals surface area contributed by atoms with Gasteiger partial charge in [-0.2, -0.15) is 0 Å². The molecule has 0 aromatic heterocycles. The summed E-state index contributed by atoms with van der Waals surface area (Å²) in [5.41, 5.74) is 2.16. The summed E-state index contributed by atoms with van der Waals surface area (Å²) < 4.78 is 0. The summed E-state index contributed by atoms with van der Waals surface area (Å²) in [5, 5.41) is 7.71. The van der Waals surface area contributed by atoms with Crippen LogP contribution in [0.2, 0.25) is 5.02 Å². The minimum absolute atomic E-state index is 0.519. The van der Waals surface area contributed by atoms with E-state index in [1.807, 2.05) is 25.1 Å². The summed E-state index contributed by atoms with van der Waals surface area (Å²) in [6, 6.07) is 6.67. The zero-order chi connectivity index (χ0) is 12.3. The predicted octanol–water partition coefficient (Wildman–Crippen LogP) is 2.57. The molecule has 1 aliphatic rings. The molecule has 0 bridgehead atoms. The minimum Gasteiger partial charge on any atom is -0.381 e. The summed E-state index contributed by atoms with van der Waals surface area (Å²) in [6.07, 6.45) is 2.46. The molecule has 1 aromatic carbocycles. The molecule has 3 nitrogen and oxygen atoms in total. The Morgan fingerprint density at radius 1 is 1.41 bits per heavy atom. The average molecular weight is 254 g/mol. The molecule has 0 radical (unpaired) electrons. The fourth-order valence-corrected chi connectivity index (χ4v) is 2.52. The van der Waals surface area contributed by atoms with Gasteiger partial charge in [-0.05, 0) is 37.6 Å². The molecule has 0 amide bonds. The molecule has 2 rings (SSSR count). The van der Waals surface area contributed by atoms with Gasteiger partial charge in [-0.25, -0.2) is 0 Å². The van der Waals surface area contributed by atoms with Crippen LogP contribution in [0.15, 0.2) is 18.2 Å². The minimum atomic E-state index is 0.519. The van der Waals surface area contributed by atoms with Gasteiger partial charge < -0.3 is 15.5 Å². The smallest absolute Gasteiger partial charge is 0.0659 e. The molecular weight excluding hydrogens is 234 g/mol. The van der Waals surface area contributed by atoms with Crippen LogP contribution >= 0.6 is 11.6 Å². The van der Waals surface area contributed by atoms with E-state index in [1.165, 1.54) is 12.8 Å². The average Bonchev–Trinajstić information content (AvgIpc) is 2.30. The lowest BCUT2D eigenvalue weighted by atomic mass is 10.1. The van der Waals surface area contributed by atoms with Crippen LogP contribution in [0.1, 0.15) is 12.8 Å². The van der Waals surface area contributed by atoms with Gasteiger partial charge in [-0.1, -0.05) is 11.6 Å². The Morgan fingerprint density at radius 2 is 2.24 bits per heavy atom. The van der Waals surface area contributed by atoms with Crippen molar-refractivity contribution >= 4 is 23.0 Å². The van der Waals surface area contributed by atoms with Crippen LogP contribution < -0.4 is 15.5 Å². The van der Waals surface area contributed by atoms with Crippen molar-refractivity contribution in [2.75, 3.05) is 37.4 Å². The first-order valence-corrected chi connectivity index (χ1v) is 6.49. The van der Waals surface area contributed by atoms with E-state index in [1.54, 1.807) is 0 Å². The fourth-order valence-electron chi connectivity index (χ4n) is 2.17. The summed E-state index contributed by atoms with van der Waals surface area (Å²) in [5.74, 6) is 0. The summed E-state index contributed by atoms with van der Waals surface area (Å²) in [7, 11) is 4.00. The van der Waals surface area contributed by atoms with E-state index in [0.717, 1.165) is 29.5 Å². The van der Waals surface area contributed by atoms with Gasteiger partial charge in [0.2, 0.25) is 0 Å². The highest BCUT2D eigenvalue weighted by molar-refractivity contribution is 6.33. The Hall–Kier alpha value is -0.930. The molecule has 1 unspecified atom stereocenters. The summed E-state index contributed by atoms with van der Waals surface area (Å²) >= 11 is 6.24. The molecule has 4 heteroatoms. The molecule has 0 saturated carbocycles. The second-order valence-electron chi connectivity index (χ2n) is 4.75. The molecule has 1 atom stereocenters. The number of nitrogens with one attached hydrogen (secondary N) is 2. The number of piperidine rings is 1. The third kappa shape index (κ3) is 3.27. The molecule has 2 N–H and O–H groups in total. The van der Waals surface area contributed by atoms with E-state index in [2.05, 4.69) is 22.8 Å². The molecule has 1 saturated heterocycles. The lowest BCUT2D eigenvalue weighted by Gasteiger charge is -2.25. The number of nitrogens with zero attached hydrogens (tertiary/aromatic N) is 1. The molecule has 1 aromatic rings. The van der Waals surface area contributed by atoms with Crippen molar-refractivity contribution in [3.63, 3.8) is 0 Å². The Balaban J connectivity index is 2.04. The van der Waals surface area contributed by atoms with Gasteiger partial charge in [0.15, 0.2) is 0 Å². The molecule has 1 fully saturated rings. The van der Waals surface area contributed by atoms with Crippen LogP contribution in [0.3, 0.4) is 0 Å². The first kappa shape index (κ1) is 12.5. The highest BCUT2D eigenvalue weighted by Crippen LogP contribution is 2.28. The lowest BCUT2D eigenvalue weighted by Crippen LogP contribution is -2.38. The third-order valence-corrected chi connectivity index (χ3v) is 3.40. The van der Waals surface area contributed by atoms with Crippen LogP contribution in [-0.4, -0.2) is 33.2 Å². The van der Waals surface area contributed by atoms with Crippen molar-refractivity contribution in [2.45, 2.75) is 18.9 Å². The van der Waals surface area contributed by atoms with Gasteiger partial charge >= 0.3 is 0 Å². The first-order valence-electron chi connectivity index (χ1n) is 6.11. The number of hydrogen-bond acceptors (Lipinski definition) is 3. The van der Waals surface area contributed by atoms with Crippen molar-refractivity contribution in [1.29, 1.82) is 0 Å². The highest BCUT2D eigenvalue weighted by atomic mass is 35.5. The van der Waals surface area contributed by atoms with E-state index in [0.29, 0.717) is 6.04 Å². The Kier molecular flexibility index (Phi) is 4.13. The van der Waals surface area contributed by atoms with E-state index in [-0.39, 0.29) is 0 Å². The maximum atomic E-state index is 6.24. The monoisotopic (exact) mass is 253 g/mol. The van der Waals surface area contributed by atoms with Crippen molar-refractivity contribution in [3.8, 4) is 0 Å². The third-order valence-electron chi connectivity index (χ3n) is 3.10. The number of anilines is 2. The number of rotatable bonds is 3. The van der Waals surface area contributed by atoms with Crippen molar-refractivity contribution in [3.05, 3.63) is 23.2 Å². The van der Waals surface area contributed by atoms with Crippen LogP contribution in [0.5, 0.6) is 0 Å². The van der Waals surface area contributed by atoms with Crippen molar-refractivity contribution in [2.24, 2.45) is 0 Å². The van der Waals surface area contributed by atoms with Crippen LogP contribution in [-0.2, 0) is 0 Å².